The predicted octanol–water partition coefficient (Wildman–Crippen LogP) is 3.12. The third-order valence-electron chi connectivity index (χ3n) is 6.23. The lowest BCUT2D eigenvalue weighted by Gasteiger charge is -2.24. The molecule has 30 heavy (non-hydrogen) atoms. The van der Waals surface area contributed by atoms with E-state index in [1.54, 1.807) is 7.11 Å². The molecule has 0 saturated carbocycles. The van der Waals surface area contributed by atoms with Crippen LogP contribution in [0.15, 0.2) is 29.3 Å². The van der Waals surface area contributed by atoms with Crippen LogP contribution in [0.5, 0.6) is 0 Å². The summed E-state index contributed by atoms with van der Waals surface area (Å²) in [6.07, 6.45) is 6.57. The molecule has 6 heteroatoms. The Kier molecular flexibility index (Phi) is 9.93. The third kappa shape index (κ3) is 7.25. The van der Waals surface area contributed by atoms with Gasteiger partial charge in [-0.3, -0.25) is 9.89 Å². The van der Waals surface area contributed by atoms with Gasteiger partial charge in [0.05, 0.1) is 19.8 Å². The highest BCUT2D eigenvalue weighted by Gasteiger charge is 2.25. The number of benzene rings is 1. The molecule has 2 fully saturated rings. The highest BCUT2D eigenvalue weighted by atomic mass is 16.5. The first-order chi connectivity index (χ1) is 14.8. The first-order valence-corrected chi connectivity index (χ1v) is 11.6. The van der Waals surface area contributed by atoms with Gasteiger partial charge < -0.3 is 19.7 Å². The number of hydrogen-bond donors (Lipinski definition) is 1. The molecular weight excluding hydrogens is 376 g/mol. The number of hydrogen-bond acceptors (Lipinski definition) is 4. The quantitative estimate of drug-likeness (QED) is 0.381. The third-order valence-corrected chi connectivity index (χ3v) is 6.23. The first-order valence-electron chi connectivity index (χ1n) is 11.6. The van der Waals surface area contributed by atoms with Gasteiger partial charge in [0.1, 0.15) is 0 Å². The lowest BCUT2D eigenvalue weighted by molar-refractivity contribution is 0.0536. The van der Waals surface area contributed by atoms with Crippen LogP contribution in [0.4, 0.5) is 0 Å². The fraction of sp³-hybridized carbons (Fsp3) is 0.708. The predicted molar refractivity (Wildman–Crippen MR) is 123 cm³/mol. The van der Waals surface area contributed by atoms with Gasteiger partial charge in [0.15, 0.2) is 5.96 Å². The van der Waals surface area contributed by atoms with Crippen molar-refractivity contribution < 1.29 is 9.47 Å². The summed E-state index contributed by atoms with van der Waals surface area (Å²) in [5, 5.41) is 3.61. The van der Waals surface area contributed by atoms with Crippen LogP contribution in [0.2, 0.25) is 0 Å². The maximum Gasteiger partial charge on any atom is 0.193 e. The molecule has 0 spiro atoms. The zero-order valence-corrected chi connectivity index (χ0v) is 18.9. The van der Waals surface area contributed by atoms with E-state index in [1.807, 2.05) is 7.05 Å². The molecule has 1 aromatic rings. The molecular formula is C24H40N4O2. The lowest BCUT2D eigenvalue weighted by Crippen LogP contribution is -2.40. The highest BCUT2D eigenvalue weighted by Crippen LogP contribution is 2.18. The van der Waals surface area contributed by atoms with E-state index in [4.69, 9.17) is 9.47 Å². The largest absolute Gasteiger partial charge is 0.382 e. The van der Waals surface area contributed by atoms with Gasteiger partial charge >= 0.3 is 0 Å². The van der Waals surface area contributed by atoms with Gasteiger partial charge in [-0.15, -0.1) is 0 Å². The van der Waals surface area contributed by atoms with Crippen molar-refractivity contribution in [3.8, 4) is 0 Å². The average molecular weight is 417 g/mol. The lowest BCUT2D eigenvalue weighted by atomic mass is 10.1. The van der Waals surface area contributed by atoms with E-state index in [9.17, 15) is 0 Å². The highest BCUT2D eigenvalue weighted by molar-refractivity contribution is 5.80. The fourth-order valence-electron chi connectivity index (χ4n) is 4.48. The van der Waals surface area contributed by atoms with Crippen LogP contribution in [0, 0.1) is 5.92 Å². The smallest absolute Gasteiger partial charge is 0.193 e. The van der Waals surface area contributed by atoms with Gasteiger partial charge in [-0.2, -0.15) is 0 Å². The zero-order chi connectivity index (χ0) is 21.0. The second-order valence-electron chi connectivity index (χ2n) is 8.53. The van der Waals surface area contributed by atoms with Gasteiger partial charge in [-0.05, 0) is 43.5 Å². The molecule has 3 rings (SSSR count). The van der Waals surface area contributed by atoms with Crippen LogP contribution in [-0.2, 0) is 22.6 Å². The summed E-state index contributed by atoms with van der Waals surface area (Å²) in [6, 6.07) is 8.85. The molecule has 0 aliphatic carbocycles. The van der Waals surface area contributed by atoms with E-state index in [0.717, 1.165) is 45.2 Å². The number of nitrogens with one attached hydrogen (secondary N) is 1. The maximum absolute atomic E-state index is 5.73. The van der Waals surface area contributed by atoms with Crippen LogP contribution in [0.1, 0.15) is 43.2 Å². The SMILES string of the molecule is CN=C(NCc1ccccc1CN1CCCCCC1)N1CCC(COCCOC)C1. The molecule has 6 nitrogen and oxygen atoms in total. The summed E-state index contributed by atoms with van der Waals surface area (Å²) < 4.78 is 10.8. The van der Waals surface area contributed by atoms with Crippen molar-refractivity contribution >= 4 is 5.96 Å². The Balaban J connectivity index is 1.49. The molecule has 2 aliphatic heterocycles. The Labute approximate surface area is 182 Å². The van der Waals surface area contributed by atoms with Crippen LogP contribution in [-0.4, -0.2) is 75.9 Å². The molecule has 2 aliphatic rings. The van der Waals surface area contributed by atoms with Crippen LogP contribution in [0.25, 0.3) is 0 Å². The molecule has 0 aromatic heterocycles. The summed E-state index contributed by atoms with van der Waals surface area (Å²) >= 11 is 0. The number of ether oxygens (including phenoxy) is 2. The molecule has 2 saturated heterocycles. The van der Waals surface area contributed by atoms with E-state index in [0.29, 0.717) is 19.1 Å². The Morgan fingerprint density at radius 3 is 2.57 bits per heavy atom. The normalized spacial score (nSPS) is 21.1. The van der Waals surface area contributed by atoms with E-state index in [2.05, 4.69) is 44.4 Å². The maximum atomic E-state index is 5.73. The standard InChI is InChI=1S/C24H40N4O2/c1-25-24(28-14-11-21(18-28)20-30-16-15-29-2)26-17-22-9-5-6-10-23(22)19-27-12-7-3-4-8-13-27/h5-6,9-10,21H,3-4,7-8,11-20H2,1-2H3,(H,25,26). The summed E-state index contributed by atoms with van der Waals surface area (Å²) in [4.78, 5) is 9.53. The van der Waals surface area contributed by atoms with Gasteiger partial charge in [0.2, 0.25) is 0 Å². The first kappa shape index (κ1) is 23.0. The molecule has 1 N–H and O–H groups in total. The van der Waals surface area contributed by atoms with Gasteiger partial charge in [0, 0.05) is 46.3 Å². The number of guanidine groups is 1. The summed E-state index contributed by atoms with van der Waals surface area (Å²) in [5.74, 6) is 1.56. The topological polar surface area (TPSA) is 49.3 Å². The zero-order valence-electron chi connectivity index (χ0n) is 18.9. The Morgan fingerprint density at radius 2 is 1.83 bits per heavy atom. The van der Waals surface area contributed by atoms with Gasteiger partial charge in [0.25, 0.3) is 0 Å². The second kappa shape index (κ2) is 12.9. The number of rotatable bonds is 9. The van der Waals surface area contributed by atoms with Crippen LogP contribution >= 0.6 is 0 Å². The van der Waals surface area contributed by atoms with Gasteiger partial charge in [-0.25, -0.2) is 0 Å². The van der Waals surface area contributed by atoms with E-state index < -0.39 is 0 Å². The molecule has 0 radical (unpaired) electrons. The Bertz CT molecular complexity index is 644. The molecule has 1 unspecified atom stereocenters. The van der Waals surface area contributed by atoms with E-state index in [-0.39, 0.29) is 0 Å². The van der Waals surface area contributed by atoms with Crippen molar-refractivity contribution in [2.45, 2.75) is 45.2 Å². The second-order valence-corrected chi connectivity index (χ2v) is 8.53. The van der Waals surface area contributed by atoms with Crippen molar-refractivity contribution in [2.24, 2.45) is 10.9 Å². The minimum absolute atomic E-state index is 0.565. The number of aliphatic imine (C=N–C) groups is 1. The van der Waals surface area contributed by atoms with Crippen LogP contribution < -0.4 is 5.32 Å². The van der Waals surface area contributed by atoms with Crippen molar-refractivity contribution in [3.63, 3.8) is 0 Å². The van der Waals surface area contributed by atoms with E-state index >= 15 is 0 Å². The molecule has 0 amide bonds. The van der Waals surface area contributed by atoms with Crippen LogP contribution in [0.3, 0.4) is 0 Å². The summed E-state index contributed by atoms with van der Waals surface area (Å²) in [7, 11) is 3.59. The van der Waals surface area contributed by atoms with Gasteiger partial charge in [-0.1, -0.05) is 37.1 Å². The number of methoxy groups -OCH3 is 1. The molecule has 2 heterocycles. The Hall–Kier alpha value is -1.63. The van der Waals surface area contributed by atoms with Crippen molar-refractivity contribution in [3.05, 3.63) is 35.4 Å². The summed E-state index contributed by atoms with van der Waals surface area (Å²) in [5.41, 5.74) is 2.81. The minimum Gasteiger partial charge on any atom is -0.382 e. The Morgan fingerprint density at radius 1 is 1.07 bits per heavy atom. The monoisotopic (exact) mass is 416 g/mol. The molecule has 0 bridgehead atoms. The molecule has 1 atom stereocenters. The number of likely N-dealkylation sites (tertiary alicyclic amines) is 2. The molecule has 1 aromatic carbocycles. The average Bonchev–Trinajstić information content (AvgIpc) is 3.08. The number of nitrogens with zero attached hydrogens (tertiary/aromatic N) is 3. The van der Waals surface area contributed by atoms with Crippen molar-refractivity contribution in [2.75, 3.05) is 60.2 Å². The summed E-state index contributed by atoms with van der Waals surface area (Å²) in [6.45, 7) is 8.51. The van der Waals surface area contributed by atoms with Crippen molar-refractivity contribution in [1.82, 2.24) is 15.1 Å². The fourth-order valence-corrected chi connectivity index (χ4v) is 4.48. The minimum atomic E-state index is 0.565. The van der Waals surface area contributed by atoms with E-state index in [1.165, 1.54) is 49.9 Å². The van der Waals surface area contributed by atoms with Crippen molar-refractivity contribution in [1.29, 1.82) is 0 Å². The molecule has 168 valence electrons.